The summed E-state index contributed by atoms with van der Waals surface area (Å²) in [6.07, 6.45) is 0. The Labute approximate surface area is 151 Å². The van der Waals surface area contributed by atoms with Gasteiger partial charge in [0.05, 0.1) is 36.2 Å². The highest BCUT2D eigenvalue weighted by molar-refractivity contribution is 6.31. The van der Waals surface area contributed by atoms with Crippen LogP contribution in [0.25, 0.3) is 0 Å². The zero-order valence-corrected chi connectivity index (χ0v) is 14.8. The minimum Gasteiger partial charge on any atom is -0.494 e. The molecule has 0 saturated carbocycles. The van der Waals surface area contributed by atoms with Gasteiger partial charge in [-0.05, 0) is 38.1 Å². The molecule has 25 heavy (non-hydrogen) atoms. The highest BCUT2D eigenvalue weighted by Gasteiger charge is 2.11. The van der Waals surface area contributed by atoms with Crippen molar-refractivity contribution in [2.45, 2.75) is 13.8 Å². The molecule has 0 bridgehead atoms. The highest BCUT2D eigenvalue weighted by Crippen LogP contribution is 2.29. The van der Waals surface area contributed by atoms with Crippen LogP contribution in [0.15, 0.2) is 36.4 Å². The molecule has 2 aromatic carbocycles. The fraction of sp³-hybridized carbons (Fsp3) is 0.278. The highest BCUT2D eigenvalue weighted by atomic mass is 35.5. The van der Waals surface area contributed by atoms with Crippen molar-refractivity contribution >= 4 is 28.9 Å². The first-order valence-corrected chi connectivity index (χ1v) is 8.30. The molecule has 0 aliphatic carbocycles. The van der Waals surface area contributed by atoms with Gasteiger partial charge < -0.3 is 20.1 Å². The monoisotopic (exact) mass is 366 g/mol. The number of ether oxygens (including phenoxy) is 2. The second-order valence-corrected chi connectivity index (χ2v) is 5.43. The van der Waals surface area contributed by atoms with E-state index in [1.165, 1.54) is 12.1 Å². The van der Waals surface area contributed by atoms with Gasteiger partial charge in [0.1, 0.15) is 11.5 Å². The number of carbonyl (C=O) groups excluding carboxylic acids is 1. The van der Waals surface area contributed by atoms with Crippen molar-refractivity contribution < 1.29 is 18.7 Å². The minimum atomic E-state index is -0.592. The summed E-state index contributed by atoms with van der Waals surface area (Å²) in [5.74, 6) is 0.211. The zero-order valence-electron chi connectivity index (χ0n) is 14.1. The molecule has 0 aliphatic heterocycles. The van der Waals surface area contributed by atoms with Crippen molar-refractivity contribution in [3.8, 4) is 11.5 Å². The van der Waals surface area contributed by atoms with E-state index in [1.807, 2.05) is 13.8 Å². The van der Waals surface area contributed by atoms with Crippen LogP contribution in [-0.2, 0) is 4.79 Å². The fourth-order valence-corrected chi connectivity index (χ4v) is 2.33. The van der Waals surface area contributed by atoms with E-state index in [-0.39, 0.29) is 23.2 Å². The summed E-state index contributed by atoms with van der Waals surface area (Å²) in [6.45, 7) is 4.57. The molecule has 0 fully saturated rings. The van der Waals surface area contributed by atoms with Crippen LogP contribution in [0.5, 0.6) is 11.5 Å². The molecule has 0 radical (unpaired) electrons. The van der Waals surface area contributed by atoms with Crippen LogP contribution in [0.3, 0.4) is 0 Å². The molecule has 0 heterocycles. The minimum absolute atomic E-state index is 0.00606. The summed E-state index contributed by atoms with van der Waals surface area (Å²) in [4.78, 5) is 12.2. The Morgan fingerprint density at radius 2 is 1.88 bits per heavy atom. The summed E-state index contributed by atoms with van der Waals surface area (Å²) in [7, 11) is 0. The lowest BCUT2D eigenvalue weighted by molar-refractivity contribution is -0.114. The third kappa shape index (κ3) is 5.26. The van der Waals surface area contributed by atoms with Crippen LogP contribution in [-0.4, -0.2) is 25.7 Å². The van der Waals surface area contributed by atoms with Crippen molar-refractivity contribution in [2.75, 3.05) is 30.4 Å². The fourth-order valence-electron chi connectivity index (χ4n) is 2.15. The number of hydrogen-bond acceptors (Lipinski definition) is 4. The number of halogens is 2. The number of benzene rings is 2. The summed E-state index contributed by atoms with van der Waals surface area (Å²) in [5.41, 5.74) is 0.655. The van der Waals surface area contributed by atoms with Crippen molar-refractivity contribution in [3.05, 3.63) is 47.2 Å². The molecule has 1 amide bonds. The number of rotatable bonds is 8. The number of amides is 1. The van der Waals surface area contributed by atoms with Gasteiger partial charge in [-0.2, -0.15) is 0 Å². The Balaban J connectivity index is 2.05. The third-order valence-electron chi connectivity index (χ3n) is 3.23. The molecule has 0 spiro atoms. The Morgan fingerprint density at radius 1 is 1.12 bits per heavy atom. The van der Waals surface area contributed by atoms with Gasteiger partial charge in [0, 0.05) is 6.07 Å². The summed E-state index contributed by atoms with van der Waals surface area (Å²) in [5, 5.41) is 5.45. The van der Waals surface area contributed by atoms with E-state index in [0.29, 0.717) is 30.4 Å². The lowest BCUT2D eigenvalue weighted by Crippen LogP contribution is -2.22. The lowest BCUT2D eigenvalue weighted by atomic mass is 10.2. The molecule has 2 N–H and O–H groups in total. The largest absolute Gasteiger partial charge is 0.494 e. The first kappa shape index (κ1) is 18.9. The van der Waals surface area contributed by atoms with Gasteiger partial charge in [-0.3, -0.25) is 4.79 Å². The van der Waals surface area contributed by atoms with Gasteiger partial charge in [0.25, 0.3) is 0 Å². The van der Waals surface area contributed by atoms with Crippen molar-refractivity contribution in [1.29, 1.82) is 0 Å². The van der Waals surface area contributed by atoms with E-state index in [1.54, 1.807) is 24.3 Å². The number of hydrogen-bond donors (Lipinski definition) is 2. The molecule has 7 heteroatoms. The molecule has 0 saturated heterocycles. The van der Waals surface area contributed by atoms with E-state index in [4.69, 9.17) is 21.1 Å². The summed E-state index contributed by atoms with van der Waals surface area (Å²) in [6, 6.07) is 9.74. The van der Waals surface area contributed by atoms with Crippen LogP contribution < -0.4 is 20.1 Å². The molecule has 134 valence electrons. The average Bonchev–Trinajstić information content (AvgIpc) is 2.59. The van der Waals surface area contributed by atoms with Crippen LogP contribution in [0.4, 0.5) is 15.8 Å². The van der Waals surface area contributed by atoms with E-state index >= 15 is 0 Å². The smallest absolute Gasteiger partial charge is 0.243 e. The van der Waals surface area contributed by atoms with Crippen molar-refractivity contribution in [2.24, 2.45) is 0 Å². The molecule has 0 unspecified atom stereocenters. The number of carbonyl (C=O) groups is 1. The second-order valence-electron chi connectivity index (χ2n) is 5.03. The van der Waals surface area contributed by atoms with Crippen LogP contribution in [0.1, 0.15) is 13.8 Å². The molecule has 0 atom stereocenters. The molecule has 0 aliphatic rings. The predicted molar refractivity (Wildman–Crippen MR) is 97.3 cm³/mol. The molecule has 2 aromatic rings. The maximum Gasteiger partial charge on any atom is 0.243 e. The Hall–Kier alpha value is -2.47. The molecule has 0 aromatic heterocycles. The maximum atomic E-state index is 13.8. The number of anilines is 2. The third-order valence-corrected chi connectivity index (χ3v) is 3.52. The van der Waals surface area contributed by atoms with Crippen LogP contribution in [0.2, 0.25) is 5.02 Å². The van der Waals surface area contributed by atoms with Gasteiger partial charge >= 0.3 is 0 Å². The van der Waals surface area contributed by atoms with Crippen molar-refractivity contribution in [3.63, 3.8) is 0 Å². The zero-order chi connectivity index (χ0) is 18.2. The van der Waals surface area contributed by atoms with Crippen LogP contribution in [0, 0.1) is 5.82 Å². The normalized spacial score (nSPS) is 10.2. The number of nitrogens with one attached hydrogen (secondary N) is 2. The Morgan fingerprint density at radius 3 is 2.60 bits per heavy atom. The quantitative estimate of drug-likeness (QED) is 0.730. The standard InChI is InChI=1S/C18H20ClFN2O3/c1-3-24-12-8-9-16(25-4-2)15(10-12)22-17(23)11-21-14-7-5-6-13(19)18(14)20/h5-10,21H,3-4,11H2,1-2H3,(H,22,23). The van der Waals surface area contributed by atoms with Crippen LogP contribution >= 0.6 is 11.6 Å². The van der Waals surface area contributed by atoms with E-state index in [9.17, 15) is 9.18 Å². The summed E-state index contributed by atoms with van der Waals surface area (Å²) >= 11 is 5.72. The Bertz CT molecular complexity index is 740. The van der Waals surface area contributed by atoms with E-state index in [2.05, 4.69) is 10.6 Å². The molecule has 2 rings (SSSR count). The van der Waals surface area contributed by atoms with Crippen molar-refractivity contribution in [1.82, 2.24) is 0 Å². The first-order chi connectivity index (χ1) is 12.0. The summed E-state index contributed by atoms with van der Waals surface area (Å²) < 4.78 is 24.8. The average molecular weight is 367 g/mol. The van der Waals surface area contributed by atoms with Gasteiger partial charge in [0.15, 0.2) is 5.82 Å². The second kappa shape index (κ2) is 9.13. The lowest BCUT2D eigenvalue weighted by Gasteiger charge is -2.14. The topological polar surface area (TPSA) is 59.6 Å². The van der Waals surface area contributed by atoms with Gasteiger partial charge in [-0.1, -0.05) is 17.7 Å². The molecular formula is C18H20ClFN2O3. The predicted octanol–water partition coefficient (Wildman–Crippen LogP) is 4.33. The Kier molecular flexibility index (Phi) is 6.89. The maximum absolute atomic E-state index is 13.8. The van der Waals surface area contributed by atoms with Gasteiger partial charge in [-0.25, -0.2) is 4.39 Å². The first-order valence-electron chi connectivity index (χ1n) is 7.92. The van der Waals surface area contributed by atoms with Gasteiger partial charge in [0.2, 0.25) is 5.91 Å². The molecular weight excluding hydrogens is 347 g/mol. The van der Waals surface area contributed by atoms with Gasteiger partial charge in [-0.15, -0.1) is 0 Å². The van der Waals surface area contributed by atoms with E-state index < -0.39 is 5.82 Å². The SMILES string of the molecule is CCOc1ccc(OCC)c(NC(=O)CNc2cccc(Cl)c2F)c1. The van der Waals surface area contributed by atoms with E-state index in [0.717, 1.165) is 0 Å². The molecule has 5 nitrogen and oxygen atoms in total.